The van der Waals surface area contributed by atoms with E-state index in [1.165, 1.54) is 0 Å². The molecule has 0 radical (unpaired) electrons. The summed E-state index contributed by atoms with van der Waals surface area (Å²) in [5.41, 5.74) is 6.93. The second-order valence-electron chi connectivity index (χ2n) is 14.5. The maximum Gasteiger partial charge on any atom is 0.254 e. The molecule has 1 N–H and O–H groups in total. The lowest BCUT2D eigenvalue weighted by Crippen LogP contribution is -2.40. The topological polar surface area (TPSA) is 111 Å². The van der Waals surface area contributed by atoms with Crippen molar-refractivity contribution in [3.8, 4) is 28.3 Å². The Hall–Kier alpha value is -6.91. The molecule has 7 aromatic rings. The number of hydrogen-bond acceptors (Lipinski definition) is 7. The van der Waals surface area contributed by atoms with Gasteiger partial charge in [0.15, 0.2) is 5.82 Å². The molecule has 1 aliphatic rings. The Morgan fingerprint density at radius 1 is 0.729 bits per heavy atom. The third-order valence-corrected chi connectivity index (χ3v) is 10.7. The number of nitrogens with one attached hydrogen (secondary N) is 1. The van der Waals surface area contributed by atoms with Gasteiger partial charge in [0.05, 0.1) is 18.9 Å². The van der Waals surface area contributed by atoms with E-state index in [0.29, 0.717) is 55.5 Å². The van der Waals surface area contributed by atoms with Crippen LogP contribution in [0, 0.1) is 0 Å². The number of rotatable bonds is 14. The molecule has 6 aromatic carbocycles. The highest BCUT2D eigenvalue weighted by atomic mass is 16.5. The molecule has 1 saturated heterocycles. The van der Waals surface area contributed by atoms with E-state index in [9.17, 15) is 9.59 Å². The van der Waals surface area contributed by atoms with Crippen molar-refractivity contribution in [3.05, 3.63) is 186 Å². The fourth-order valence-corrected chi connectivity index (χ4v) is 7.73. The molecule has 2 amide bonds. The van der Waals surface area contributed by atoms with Gasteiger partial charge in [-0.3, -0.25) is 9.59 Å². The number of morpholine rings is 1. The zero-order chi connectivity index (χ0) is 40.4. The smallest absolute Gasteiger partial charge is 0.254 e. The SMILES string of the molecule is CCCCC(=O)Nc1ccc(C(=O)N2CCOCC2)cc1OCc1ccc(-c2ccccc2-c2nnnn2C(c2ccccc2)(c2ccccc2)c2ccccc2)cc1. The van der Waals surface area contributed by atoms with Gasteiger partial charge >= 0.3 is 0 Å². The van der Waals surface area contributed by atoms with Crippen LogP contribution in [0.25, 0.3) is 22.5 Å². The first-order valence-electron chi connectivity index (χ1n) is 20.1. The lowest BCUT2D eigenvalue weighted by Gasteiger charge is -2.36. The minimum Gasteiger partial charge on any atom is -0.487 e. The molecule has 0 aliphatic carbocycles. The molecule has 8 rings (SSSR count). The number of carbonyl (C=O) groups excluding carboxylic acids is 2. The highest BCUT2D eigenvalue weighted by molar-refractivity contribution is 5.97. The van der Waals surface area contributed by atoms with Crippen LogP contribution in [0.4, 0.5) is 5.69 Å². The summed E-state index contributed by atoms with van der Waals surface area (Å²) in [7, 11) is 0. The first kappa shape index (κ1) is 38.9. The number of unbranched alkanes of at least 4 members (excludes halogenated alkanes) is 1. The summed E-state index contributed by atoms with van der Waals surface area (Å²) in [5, 5.41) is 16.8. The molecule has 0 saturated carbocycles. The molecule has 296 valence electrons. The third kappa shape index (κ3) is 8.26. The maximum absolute atomic E-state index is 13.4. The zero-order valence-electron chi connectivity index (χ0n) is 33.0. The summed E-state index contributed by atoms with van der Waals surface area (Å²) in [5.74, 6) is 0.870. The molecule has 0 atom stereocenters. The molecule has 1 fully saturated rings. The highest BCUT2D eigenvalue weighted by Gasteiger charge is 2.42. The van der Waals surface area contributed by atoms with Gasteiger partial charge in [-0.2, -0.15) is 0 Å². The summed E-state index contributed by atoms with van der Waals surface area (Å²) in [6.45, 7) is 4.35. The van der Waals surface area contributed by atoms with Gasteiger partial charge in [-0.15, -0.1) is 5.10 Å². The molecule has 10 nitrogen and oxygen atoms in total. The molecule has 0 unspecified atom stereocenters. The van der Waals surface area contributed by atoms with Crippen LogP contribution in [0.2, 0.25) is 0 Å². The van der Waals surface area contributed by atoms with Crippen LogP contribution >= 0.6 is 0 Å². The van der Waals surface area contributed by atoms with E-state index in [4.69, 9.17) is 19.8 Å². The van der Waals surface area contributed by atoms with Gasteiger partial charge in [0, 0.05) is 30.6 Å². The van der Waals surface area contributed by atoms with Gasteiger partial charge in [0.1, 0.15) is 17.9 Å². The van der Waals surface area contributed by atoms with Crippen molar-refractivity contribution in [1.29, 1.82) is 0 Å². The molecule has 0 spiro atoms. The Balaban J connectivity index is 1.11. The highest BCUT2D eigenvalue weighted by Crippen LogP contribution is 2.43. The van der Waals surface area contributed by atoms with E-state index >= 15 is 0 Å². The molecular weight excluding hydrogens is 737 g/mol. The Labute approximate surface area is 344 Å². The first-order valence-corrected chi connectivity index (χ1v) is 20.1. The predicted molar refractivity (Wildman–Crippen MR) is 229 cm³/mol. The van der Waals surface area contributed by atoms with Gasteiger partial charge < -0.3 is 19.7 Å². The van der Waals surface area contributed by atoms with Gasteiger partial charge in [-0.25, -0.2) is 4.68 Å². The minimum atomic E-state index is -0.893. The molecule has 1 aromatic heterocycles. The molecule has 10 heteroatoms. The van der Waals surface area contributed by atoms with Gasteiger partial charge in [-0.1, -0.05) is 153 Å². The molecular formula is C49H46N6O4. The minimum absolute atomic E-state index is 0.0912. The van der Waals surface area contributed by atoms with E-state index in [-0.39, 0.29) is 18.4 Å². The van der Waals surface area contributed by atoms with Crippen LogP contribution in [0.5, 0.6) is 5.75 Å². The van der Waals surface area contributed by atoms with Crippen LogP contribution in [-0.4, -0.2) is 63.2 Å². The van der Waals surface area contributed by atoms with Crippen LogP contribution in [0.15, 0.2) is 158 Å². The van der Waals surface area contributed by atoms with Crippen molar-refractivity contribution < 1.29 is 19.1 Å². The van der Waals surface area contributed by atoms with Crippen LogP contribution in [0.1, 0.15) is 58.8 Å². The molecule has 1 aliphatic heterocycles. The Kier molecular flexibility index (Phi) is 12.0. The Morgan fingerprint density at radius 3 is 1.93 bits per heavy atom. The summed E-state index contributed by atoms with van der Waals surface area (Å²) in [4.78, 5) is 27.9. The number of amides is 2. The molecule has 59 heavy (non-hydrogen) atoms. The quantitative estimate of drug-likeness (QED) is 0.110. The van der Waals surface area contributed by atoms with E-state index < -0.39 is 5.54 Å². The number of ether oxygens (including phenoxy) is 2. The number of benzene rings is 6. The second kappa shape index (κ2) is 18.1. The van der Waals surface area contributed by atoms with Crippen molar-refractivity contribution >= 4 is 17.5 Å². The van der Waals surface area contributed by atoms with Crippen molar-refractivity contribution in [2.45, 2.75) is 38.3 Å². The second-order valence-corrected chi connectivity index (χ2v) is 14.5. The van der Waals surface area contributed by atoms with Gasteiger partial charge in [0.25, 0.3) is 5.91 Å². The average molecular weight is 783 g/mol. The molecule has 2 heterocycles. The van der Waals surface area contributed by atoms with Crippen molar-refractivity contribution in [1.82, 2.24) is 25.1 Å². The van der Waals surface area contributed by atoms with E-state index in [1.807, 2.05) is 83.5 Å². The van der Waals surface area contributed by atoms with Crippen LogP contribution in [-0.2, 0) is 21.7 Å². The average Bonchev–Trinajstić information content (AvgIpc) is 3.80. The summed E-state index contributed by atoms with van der Waals surface area (Å²) >= 11 is 0. The largest absolute Gasteiger partial charge is 0.487 e. The fraction of sp³-hybridized carbons (Fsp3) is 0.204. The maximum atomic E-state index is 13.4. The Bertz CT molecular complexity index is 2390. The summed E-state index contributed by atoms with van der Waals surface area (Å²) < 4.78 is 13.8. The van der Waals surface area contributed by atoms with E-state index in [0.717, 1.165) is 51.8 Å². The van der Waals surface area contributed by atoms with E-state index in [1.54, 1.807) is 23.1 Å². The lowest BCUT2D eigenvalue weighted by molar-refractivity contribution is -0.116. The summed E-state index contributed by atoms with van der Waals surface area (Å²) in [6, 6.07) is 52.7. The standard InChI is InChI=1S/C49H46N6O4/c1-2-3-23-46(56)50-44-29-28-38(48(57)54-30-32-58-33-31-54)34-45(44)59-35-36-24-26-37(27-25-36)42-21-13-14-22-43(42)47-51-52-53-55(47)49(39-15-7-4-8-16-39,40-17-9-5-10-18-40)41-19-11-6-12-20-41/h4-22,24-29,34H,2-3,23,30-33,35H2,1H3,(H,50,56). The number of carbonyl (C=O) groups is 2. The summed E-state index contributed by atoms with van der Waals surface area (Å²) in [6.07, 6.45) is 2.11. The van der Waals surface area contributed by atoms with Crippen molar-refractivity contribution in [2.75, 3.05) is 31.6 Å². The predicted octanol–water partition coefficient (Wildman–Crippen LogP) is 9.03. The van der Waals surface area contributed by atoms with E-state index in [2.05, 4.69) is 78.1 Å². The van der Waals surface area contributed by atoms with Gasteiger partial charge in [0.2, 0.25) is 5.91 Å². The number of anilines is 1. The number of hydrogen-bond donors (Lipinski definition) is 1. The monoisotopic (exact) mass is 782 g/mol. The zero-order valence-corrected chi connectivity index (χ0v) is 33.0. The van der Waals surface area contributed by atoms with Crippen molar-refractivity contribution in [3.63, 3.8) is 0 Å². The fourth-order valence-electron chi connectivity index (χ4n) is 7.73. The number of tetrazole rings is 1. The van der Waals surface area contributed by atoms with Gasteiger partial charge in [-0.05, 0) is 68.4 Å². The normalized spacial score (nSPS) is 12.9. The number of aromatic nitrogens is 4. The Morgan fingerprint density at radius 2 is 1.32 bits per heavy atom. The first-order chi connectivity index (χ1) is 29.1. The lowest BCUT2D eigenvalue weighted by atomic mass is 9.77. The van der Waals surface area contributed by atoms with Crippen LogP contribution < -0.4 is 10.1 Å². The third-order valence-electron chi connectivity index (χ3n) is 10.7. The van der Waals surface area contributed by atoms with Crippen LogP contribution in [0.3, 0.4) is 0 Å². The number of nitrogens with zero attached hydrogens (tertiary/aromatic N) is 5. The molecule has 0 bridgehead atoms. The van der Waals surface area contributed by atoms with Crippen molar-refractivity contribution in [2.24, 2.45) is 0 Å².